The molecule has 17 heavy (non-hydrogen) atoms. The van der Waals surface area contributed by atoms with E-state index < -0.39 is 0 Å². The molecule has 1 amide bonds. The van der Waals surface area contributed by atoms with Gasteiger partial charge in [-0.15, -0.1) is 5.10 Å². The van der Waals surface area contributed by atoms with Gasteiger partial charge in [0, 0.05) is 6.08 Å². The molecule has 86 valence electrons. The number of aromatic amines is 1. The van der Waals surface area contributed by atoms with E-state index in [-0.39, 0.29) is 11.9 Å². The fraction of sp³-hybridized carbons (Fsp3) is 0.0909. The standard InChI is InChI=1S/C11H11N5O/c1-8-2-4-9(5-3-8)6-7-10(17)12-11-13-15-16-14-11/h2-7H,1H3,(H2,12,13,14,15,16,17)/b7-6+. The van der Waals surface area contributed by atoms with Crippen molar-refractivity contribution >= 4 is 17.9 Å². The van der Waals surface area contributed by atoms with E-state index in [2.05, 4.69) is 25.9 Å². The number of nitrogens with zero attached hydrogens (tertiary/aromatic N) is 3. The Labute approximate surface area is 97.7 Å². The van der Waals surface area contributed by atoms with Crippen LogP contribution in [0.25, 0.3) is 6.08 Å². The van der Waals surface area contributed by atoms with Gasteiger partial charge in [0.2, 0.25) is 0 Å². The van der Waals surface area contributed by atoms with E-state index in [0.29, 0.717) is 0 Å². The molecule has 1 aromatic carbocycles. The van der Waals surface area contributed by atoms with Crippen molar-refractivity contribution in [3.05, 3.63) is 41.5 Å². The Morgan fingerprint density at radius 3 is 2.76 bits per heavy atom. The third-order valence-electron chi connectivity index (χ3n) is 2.08. The van der Waals surface area contributed by atoms with Crippen LogP contribution in [-0.4, -0.2) is 26.5 Å². The van der Waals surface area contributed by atoms with Gasteiger partial charge < -0.3 is 0 Å². The molecule has 0 radical (unpaired) electrons. The van der Waals surface area contributed by atoms with Gasteiger partial charge in [-0.2, -0.15) is 5.21 Å². The second kappa shape index (κ2) is 5.02. The van der Waals surface area contributed by atoms with Gasteiger partial charge in [0.15, 0.2) is 0 Å². The monoisotopic (exact) mass is 229 g/mol. The predicted molar refractivity (Wildman–Crippen MR) is 63.0 cm³/mol. The number of aryl methyl sites for hydroxylation is 1. The molecule has 0 saturated carbocycles. The number of hydrogen-bond acceptors (Lipinski definition) is 4. The lowest BCUT2D eigenvalue weighted by atomic mass is 10.1. The summed E-state index contributed by atoms with van der Waals surface area (Å²) in [5.74, 6) is -0.143. The van der Waals surface area contributed by atoms with E-state index in [1.54, 1.807) is 6.08 Å². The molecule has 1 aromatic heterocycles. The molecule has 6 heteroatoms. The predicted octanol–water partition coefficient (Wildman–Crippen LogP) is 1.16. The Balaban J connectivity index is 1.96. The van der Waals surface area contributed by atoms with Crippen LogP contribution in [0.5, 0.6) is 0 Å². The van der Waals surface area contributed by atoms with Crippen LogP contribution in [0.1, 0.15) is 11.1 Å². The van der Waals surface area contributed by atoms with Crippen LogP contribution in [0.15, 0.2) is 30.3 Å². The van der Waals surface area contributed by atoms with Crippen LogP contribution in [0.2, 0.25) is 0 Å². The second-order valence-electron chi connectivity index (χ2n) is 3.47. The van der Waals surface area contributed by atoms with Crippen LogP contribution in [0.4, 0.5) is 5.95 Å². The molecule has 1 heterocycles. The molecule has 0 bridgehead atoms. The normalized spacial score (nSPS) is 10.6. The lowest BCUT2D eigenvalue weighted by molar-refractivity contribution is -0.111. The van der Waals surface area contributed by atoms with Crippen LogP contribution in [0, 0.1) is 6.92 Å². The summed E-state index contributed by atoms with van der Waals surface area (Å²) in [7, 11) is 0. The van der Waals surface area contributed by atoms with Gasteiger partial charge in [-0.05, 0) is 23.8 Å². The van der Waals surface area contributed by atoms with Gasteiger partial charge in [-0.3, -0.25) is 10.1 Å². The number of anilines is 1. The first kappa shape index (κ1) is 11.0. The lowest BCUT2D eigenvalue weighted by Gasteiger charge is -1.95. The van der Waals surface area contributed by atoms with E-state index in [9.17, 15) is 4.79 Å². The number of benzene rings is 1. The molecular weight excluding hydrogens is 218 g/mol. The quantitative estimate of drug-likeness (QED) is 0.773. The van der Waals surface area contributed by atoms with Gasteiger partial charge >= 0.3 is 0 Å². The molecule has 2 rings (SSSR count). The van der Waals surface area contributed by atoms with Crippen LogP contribution < -0.4 is 5.32 Å². The molecule has 0 aliphatic rings. The maximum absolute atomic E-state index is 11.4. The minimum absolute atomic E-state index is 0.156. The molecule has 0 unspecified atom stereocenters. The number of hydrogen-bond donors (Lipinski definition) is 2. The number of tetrazole rings is 1. The summed E-state index contributed by atoms with van der Waals surface area (Å²) < 4.78 is 0. The number of carbonyl (C=O) groups is 1. The van der Waals surface area contributed by atoms with E-state index in [0.717, 1.165) is 5.56 Å². The molecule has 0 aliphatic carbocycles. The van der Waals surface area contributed by atoms with Crippen molar-refractivity contribution in [2.75, 3.05) is 5.32 Å². The number of H-pyrrole nitrogens is 1. The molecule has 6 nitrogen and oxygen atoms in total. The van der Waals surface area contributed by atoms with Gasteiger partial charge in [0.25, 0.3) is 11.9 Å². The van der Waals surface area contributed by atoms with Gasteiger partial charge in [-0.1, -0.05) is 34.9 Å². The summed E-state index contributed by atoms with van der Waals surface area (Å²) in [6, 6.07) is 7.84. The smallest absolute Gasteiger partial charge is 0.270 e. The zero-order valence-electron chi connectivity index (χ0n) is 9.21. The Hall–Kier alpha value is -2.50. The maximum atomic E-state index is 11.4. The Morgan fingerprint density at radius 1 is 1.35 bits per heavy atom. The van der Waals surface area contributed by atoms with E-state index >= 15 is 0 Å². The van der Waals surface area contributed by atoms with Gasteiger partial charge in [0.05, 0.1) is 0 Å². The summed E-state index contributed by atoms with van der Waals surface area (Å²) in [5, 5.41) is 15.3. The third kappa shape index (κ3) is 3.23. The fourth-order valence-electron chi connectivity index (χ4n) is 1.22. The molecule has 0 saturated heterocycles. The molecule has 0 aliphatic heterocycles. The molecular formula is C11H11N5O. The van der Waals surface area contributed by atoms with Crippen LogP contribution in [0.3, 0.4) is 0 Å². The number of carbonyl (C=O) groups excluding carboxylic acids is 1. The summed E-state index contributed by atoms with van der Waals surface area (Å²) in [6.07, 6.45) is 3.13. The van der Waals surface area contributed by atoms with E-state index in [1.807, 2.05) is 31.2 Å². The van der Waals surface area contributed by atoms with Crippen molar-refractivity contribution in [1.82, 2.24) is 20.6 Å². The Morgan fingerprint density at radius 2 is 2.12 bits per heavy atom. The summed E-state index contributed by atoms with van der Waals surface area (Å²) in [4.78, 5) is 11.4. The van der Waals surface area contributed by atoms with Crippen molar-refractivity contribution in [1.29, 1.82) is 0 Å². The molecule has 0 spiro atoms. The Bertz CT molecular complexity index is 515. The van der Waals surface area contributed by atoms with E-state index in [1.165, 1.54) is 11.6 Å². The van der Waals surface area contributed by atoms with Gasteiger partial charge in [-0.25, -0.2) is 0 Å². The number of amides is 1. The largest absolute Gasteiger partial charge is 0.288 e. The lowest BCUT2D eigenvalue weighted by Crippen LogP contribution is -2.09. The first-order valence-corrected chi connectivity index (χ1v) is 5.03. The minimum atomic E-state index is -0.299. The van der Waals surface area contributed by atoms with Crippen molar-refractivity contribution < 1.29 is 4.79 Å². The van der Waals surface area contributed by atoms with Crippen molar-refractivity contribution in [3.63, 3.8) is 0 Å². The third-order valence-corrected chi connectivity index (χ3v) is 2.08. The maximum Gasteiger partial charge on any atom is 0.270 e. The fourth-order valence-corrected chi connectivity index (χ4v) is 1.22. The van der Waals surface area contributed by atoms with Crippen molar-refractivity contribution in [2.45, 2.75) is 6.92 Å². The number of rotatable bonds is 3. The molecule has 0 atom stereocenters. The van der Waals surface area contributed by atoms with E-state index in [4.69, 9.17) is 0 Å². The number of nitrogens with one attached hydrogen (secondary N) is 2. The average molecular weight is 229 g/mol. The summed E-state index contributed by atoms with van der Waals surface area (Å²) in [6.45, 7) is 2.01. The van der Waals surface area contributed by atoms with Gasteiger partial charge in [0.1, 0.15) is 0 Å². The highest BCUT2D eigenvalue weighted by Crippen LogP contribution is 2.05. The topological polar surface area (TPSA) is 83.6 Å². The minimum Gasteiger partial charge on any atom is -0.288 e. The summed E-state index contributed by atoms with van der Waals surface area (Å²) in [5.41, 5.74) is 2.14. The highest BCUT2D eigenvalue weighted by atomic mass is 16.1. The Kier molecular flexibility index (Phi) is 3.25. The second-order valence-corrected chi connectivity index (χ2v) is 3.47. The first-order chi connectivity index (χ1) is 8.24. The number of aromatic nitrogens is 4. The summed E-state index contributed by atoms with van der Waals surface area (Å²) >= 11 is 0. The first-order valence-electron chi connectivity index (χ1n) is 5.03. The average Bonchev–Trinajstić information content (AvgIpc) is 2.81. The van der Waals surface area contributed by atoms with Crippen LogP contribution in [-0.2, 0) is 4.79 Å². The highest BCUT2D eigenvalue weighted by molar-refractivity contribution is 6.00. The van der Waals surface area contributed by atoms with Crippen LogP contribution >= 0.6 is 0 Å². The molecule has 2 aromatic rings. The zero-order valence-corrected chi connectivity index (χ0v) is 9.21. The SMILES string of the molecule is Cc1ccc(/C=C/C(=O)Nc2nn[nH]n2)cc1. The van der Waals surface area contributed by atoms with Crippen molar-refractivity contribution in [2.24, 2.45) is 0 Å². The molecule has 0 fully saturated rings. The zero-order chi connectivity index (χ0) is 12.1. The van der Waals surface area contributed by atoms with Crippen molar-refractivity contribution in [3.8, 4) is 0 Å². The highest BCUT2D eigenvalue weighted by Gasteiger charge is 2.00. The molecule has 2 N–H and O–H groups in total.